The third-order valence-electron chi connectivity index (χ3n) is 3.70. The van der Waals surface area contributed by atoms with Crippen molar-refractivity contribution in [3.05, 3.63) is 0 Å². The van der Waals surface area contributed by atoms with Gasteiger partial charge in [0.25, 0.3) is 0 Å². The highest BCUT2D eigenvalue weighted by molar-refractivity contribution is 5.38. The number of aliphatic hydroxyl groups excluding tert-OH is 1. The quantitative estimate of drug-likeness (QED) is 0.451. The van der Waals surface area contributed by atoms with Crippen molar-refractivity contribution in [2.75, 3.05) is 0 Å². The second-order valence-electron chi connectivity index (χ2n) is 4.29. The summed E-state index contributed by atoms with van der Waals surface area (Å²) in [5, 5.41) is 29.2. The Hall–Kier alpha value is -0.160. The molecule has 4 atom stereocenters. The first kappa shape index (κ1) is 8.44. The summed E-state index contributed by atoms with van der Waals surface area (Å²) in [5.74, 6) is 0. The molecule has 1 aliphatic heterocycles. The molecule has 4 nitrogen and oxygen atoms in total. The van der Waals surface area contributed by atoms with E-state index in [4.69, 9.17) is 4.74 Å². The number of rotatable bonds is 0. The molecule has 0 radical (unpaired) electrons. The van der Waals surface area contributed by atoms with Crippen molar-refractivity contribution < 1.29 is 20.1 Å². The molecule has 0 aromatic heterocycles. The standard InChI is InChI=1S/C8H14O4/c1-4-7(10)6(2,3)8(7,11)5(9)12-4/h4-5,9-11H,1-3H3/t4-,5?,7+,8-/m1/s1. The number of hydrogen-bond acceptors (Lipinski definition) is 4. The molecule has 4 heteroatoms. The minimum absolute atomic E-state index is 0.521. The Morgan fingerprint density at radius 3 is 1.83 bits per heavy atom. The van der Waals surface area contributed by atoms with E-state index in [1.165, 1.54) is 0 Å². The molecule has 0 spiro atoms. The van der Waals surface area contributed by atoms with E-state index < -0.39 is 29.0 Å². The lowest BCUT2D eigenvalue weighted by atomic mass is 10.0. The van der Waals surface area contributed by atoms with E-state index in [-0.39, 0.29) is 0 Å². The molecule has 1 heterocycles. The van der Waals surface area contributed by atoms with Gasteiger partial charge in [-0.15, -0.1) is 0 Å². The van der Waals surface area contributed by atoms with Gasteiger partial charge in [0.1, 0.15) is 5.60 Å². The van der Waals surface area contributed by atoms with Crippen molar-refractivity contribution >= 4 is 0 Å². The Kier molecular flexibility index (Phi) is 1.20. The van der Waals surface area contributed by atoms with Crippen molar-refractivity contribution in [1.82, 2.24) is 0 Å². The van der Waals surface area contributed by atoms with Crippen molar-refractivity contribution in [1.29, 1.82) is 0 Å². The van der Waals surface area contributed by atoms with E-state index in [1.54, 1.807) is 20.8 Å². The fraction of sp³-hybridized carbons (Fsp3) is 1.00. The number of fused-ring (bicyclic) bond motifs is 1. The van der Waals surface area contributed by atoms with Gasteiger partial charge in [-0.05, 0) is 6.92 Å². The van der Waals surface area contributed by atoms with Gasteiger partial charge in [0, 0.05) is 5.41 Å². The number of hydrogen-bond donors (Lipinski definition) is 3. The molecule has 1 unspecified atom stereocenters. The predicted molar refractivity (Wildman–Crippen MR) is 40.2 cm³/mol. The van der Waals surface area contributed by atoms with Gasteiger partial charge in [0.05, 0.1) is 6.10 Å². The topological polar surface area (TPSA) is 69.9 Å². The maximum atomic E-state index is 9.96. The van der Waals surface area contributed by atoms with Gasteiger partial charge >= 0.3 is 0 Å². The Morgan fingerprint density at radius 2 is 1.67 bits per heavy atom. The first-order valence-corrected chi connectivity index (χ1v) is 4.08. The highest BCUT2D eigenvalue weighted by Gasteiger charge is 2.91. The number of aliphatic hydroxyl groups is 3. The fourth-order valence-electron chi connectivity index (χ4n) is 2.60. The van der Waals surface area contributed by atoms with Crippen LogP contribution in [0.3, 0.4) is 0 Å². The van der Waals surface area contributed by atoms with Crippen LogP contribution < -0.4 is 0 Å². The van der Waals surface area contributed by atoms with Crippen molar-refractivity contribution in [2.24, 2.45) is 5.41 Å². The van der Waals surface area contributed by atoms with E-state index in [9.17, 15) is 15.3 Å². The molecule has 0 bridgehead atoms. The van der Waals surface area contributed by atoms with Crippen molar-refractivity contribution in [3.63, 3.8) is 0 Å². The molecule has 1 aliphatic carbocycles. The normalized spacial score (nSPS) is 61.5. The first-order valence-electron chi connectivity index (χ1n) is 4.08. The lowest BCUT2D eigenvalue weighted by Gasteiger charge is -2.21. The van der Waals surface area contributed by atoms with Gasteiger partial charge in [0.15, 0.2) is 11.9 Å². The summed E-state index contributed by atoms with van der Waals surface area (Å²) in [6, 6.07) is 0. The van der Waals surface area contributed by atoms with Crippen LogP contribution in [0.15, 0.2) is 0 Å². The Labute approximate surface area is 70.8 Å². The van der Waals surface area contributed by atoms with Gasteiger partial charge in [-0.25, -0.2) is 0 Å². The molecule has 1 saturated carbocycles. The average molecular weight is 174 g/mol. The van der Waals surface area contributed by atoms with Gasteiger partial charge in [-0.1, -0.05) is 13.8 Å². The zero-order valence-electron chi connectivity index (χ0n) is 7.40. The van der Waals surface area contributed by atoms with Crippen LogP contribution in [0, 0.1) is 5.41 Å². The van der Waals surface area contributed by atoms with Gasteiger partial charge in [-0.2, -0.15) is 0 Å². The van der Waals surface area contributed by atoms with Crippen molar-refractivity contribution in [3.8, 4) is 0 Å². The summed E-state index contributed by atoms with van der Waals surface area (Å²) < 4.78 is 4.92. The molecule has 2 aliphatic rings. The molecular formula is C8H14O4. The van der Waals surface area contributed by atoms with Crippen LogP contribution in [0.4, 0.5) is 0 Å². The largest absolute Gasteiger partial charge is 0.383 e. The lowest BCUT2D eigenvalue weighted by Crippen LogP contribution is -2.32. The third-order valence-corrected chi connectivity index (χ3v) is 3.70. The molecule has 3 N–H and O–H groups in total. The molecule has 1 saturated heterocycles. The van der Waals surface area contributed by atoms with E-state index in [0.717, 1.165) is 0 Å². The Balaban J connectivity index is 2.45. The van der Waals surface area contributed by atoms with E-state index >= 15 is 0 Å². The maximum Gasteiger partial charge on any atom is 0.187 e. The summed E-state index contributed by atoms with van der Waals surface area (Å²) in [6.07, 6.45) is -1.79. The van der Waals surface area contributed by atoms with Gasteiger partial charge < -0.3 is 20.1 Å². The fourth-order valence-corrected chi connectivity index (χ4v) is 2.60. The molecule has 12 heavy (non-hydrogen) atoms. The van der Waals surface area contributed by atoms with Crippen LogP contribution in [0.5, 0.6) is 0 Å². The van der Waals surface area contributed by atoms with Crippen LogP contribution in [0.1, 0.15) is 20.8 Å². The minimum Gasteiger partial charge on any atom is -0.383 e. The van der Waals surface area contributed by atoms with Crippen LogP contribution in [-0.4, -0.2) is 38.9 Å². The van der Waals surface area contributed by atoms with E-state index in [1.807, 2.05) is 0 Å². The molecule has 70 valence electrons. The molecule has 0 aromatic carbocycles. The predicted octanol–water partition coefficient (Wildman–Crippen LogP) is -0.774. The average Bonchev–Trinajstić information content (AvgIpc) is 2.21. The van der Waals surface area contributed by atoms with Gasteiger partial charge in [0.2, 0.25) is 0 Å². The summed E-state index contributed by atoms with van der Waals surface area (Å²) in [5.41, 5.74) is -3.46. The molecule has 0 aromatic rings. The van der Waals surface area contributed by atoms with Crippen LogP contribution in [0.25, 0.3) is 0 Å². The van der Waals surface area contributed by atoms with Crippen LogP contribution in [-0.2, 0) is 4.74 Å². The lowest BCUT2D eigenvalue weighted by molar-refractivity contribution is -0.175. The molecular weight excluding hydrogens is 160 g/mol. The summed E-state index contributed by atoms with van der Waals surface area (Å²) in [6.45, 7) is 5.08. The Bertz CT molecular complexity index is 217. The summed E-state index contributed by atoms with van der Waals surface area (Å²) in [4.78, 5) is 0. The minimum atomic E-state index is -1.49. The van der Waals surface area contributed by atoms with Gasteiger partial charge in [-0.3, -0.25) is 0 Å². The molecule has 2 rings (SSSR count). The zero-order chi connectivity index (χ0) is 9.36. The number of ether oxygens (including phenoxy) is 1. The zero-order valence-corrected chi connectivity index (χ0v) is 7.40. The first-order chi connectivity index (χ1) is 5.30. The highest BCUT2D eigenvalue weighted by atomic mass is 16.7. The molecule has 0 amide bonds. The summed E-state index contributed by atoms with van der Waals surface area (Å²) in [7, 11) is 0. The highest BCUT2D eigenvalue weighted by Crippen LogP contribution is 2.72. The second-order valence-corrected chi connectivity index (χ2v) is 4.29. The van der Waals surface area contributed by atoms with E-state index in [2.05, 4.69) is 0 Å². The second kappa shape index (κ2) is 1.70. The molecule has 2 fully saturated rings. The maximum absolute atomic E-state index is 9.96. The smallest absolute Gasteiger partial charge is 0.187 e. The van der Waals surface area contributed by atoms with Crippen molar-refractivity contribution in [2.45, 2.75) is 44.4 Å². The van der Waals surface area contributed by atoms with E-state index in [0.29, 0.717) is 0 Å². The Morgan fingerprint density at radius 1 is 1.17 bits per heavy atom. The third kappa shape index (κ3) is 0.461. The van der Waals surface area contributed by atoms with Crippen LogP contribution >= 0.6 is 0 Å². The SMILES string of the molecule is C[C@H]1OC(O)[C@@]2(O)C(C)(C)[C@@]12O. The summed E-state index contributed by atoms with van der Waals surface area (Å²) >= 11 is 0. The van der Waals surface area contributed by atoms with Crippen LogP contribution in [0.2, 0.25) is 0 Å². The monoisotopic (exact) mass is 174 g/mol.